The number of halogens is 1. The first-order valence-corrected chi connectivity index (χ1v) is 10.3. The minimum Gasteiger partial charge on any atom is -0.369 e. The SMILES string of the molecule is Cc1ccc(C(=O)Nc2ccc(N3CCCC3)c(F)c2)cc1NC(=O)c1ccccc1. The second-order valence-corrected chi connectivity index (χ2v) is 7.66. The van der Waals surface area contributed by atoms with Crippen LogP contribution in [0, 0.1) is 12.7 Å². The highest BCUT2D eigenvalue weighted by Gasteiger charge is 2.17. The Morgan fingerprint density at radius 2 is 1.55 bits per heavy atom. The fourth-order valence-corrected chi connectivity index (χ4v) is 3.68. The van der Waals surface area contributed by atoms with Gasteiger partial charge in [-0.05, 0) is 67.8 Å². The number of benzene rings is 3. The molecular formula is C25H24FN3O2. The molecule has 2 amide bonds. The highest BCUT2D eigenvalue weighted by Crippen LogP contribution is 2.26. The molecule has 0 saturated carbocycles. The van der Waals surface area contributed by atoms with E-state index in [0.29, 0.717) is 28.2 Å². The molecule has 1 heterocycles. The Morgan fingerprint density at radius 1 is 0.839 bits per heavy atom. The van der Waals surface area contributed by atoms with Crippen LogP contribution in [0.25, 0.3) is 0 Å². The van der Waals surface area contributed by atoms with Crippen LogP contribution < -0.4 is 15.5 Å². The number of carbonyl (C=O) groups is 2. The van der Waals surface area contributed by atoms with Crippen molar-refractivity contribution in [3.63, 3.8) is 0 Å². The van der Waals surface area contributed by atoms with Gasteiger partial charge in [0.2, 0.25) is 0 Å². The molecule has 3 aromatic carbocycles. The van der Waals surface area contributed by atoms with E-state index in [1.54, 1.807) is 54.6 Å². The first-order chi connectivity index (χ1) is 15.0. The minimum absolute atomic E-state index is 0.249. The highest BCUT2D eigenvalue weighted by atomic mass is 19.1. The van der Waals surface area contributed by atoms with Gasteiger partial charge in [-0.25, -0.2) is 4.39 Å². The normalized spacial score (nSPS) is 13.2. The number of hydrogen-bond acceptors (Lipinski definition) is 3. The predicted octanol–water partition coefficient (Wildman–Crippen LogP) is 5.24. The molecule has 0 aromatic heterocycles. The van der Waals surface area contributed by atoms with Crippen molar-refractivity contribution in [2.45, 2.75) is 19.8 Å². The Kier molecular flexibility index (Phi) is 5.98. The van der Waals surface area contributed by atoms with Crippen molar-refractivity contribution in [3.8, 4) is 0 Å². The predicted molar refractivity (Wildman–Crippen MR) is 121 cm³/mol. The van der Waals surface area contributed by atoms with Gasteiger partial charge in [-0.3, -0.25) is 9.59 Å². The van der Waals surface area contributed by atoms with Crippen molar-refractivity contribution >= 4 is 28.9 Å². The highest BCUT2D eigenvalue weighted by molar-refractivity contribution is 6.07. The third kappa shape index (κ3) is 4.74. The zero-order chi connectivity index (χ0) is 21.8. The van der Waals surface area contributed by atoms with Crippen LogP contribution in [0.4, 0.5) is 21.5 Å². The number of rotatable bonds is 5. The lowest BCUT2D eigenvalue weighted by Crippen LogP contribution is -2.19. The number of anilines is 3. The lowest BCUT2D eigenvalue weighted by molar-refractivity contribution is 0.101. The Balaban J connectivity index is 1.48. The second-order valence-electron chi connectivity index (χ2n) is 7.66. The first kappa shape index (κ1) is 20.6. The number of nitrogens with zero attached hydrogens (tertiary/aromatic N) is 1. The standard InChI is InChI=1S/C25H24FN3O2/c1-17-9-10-19(15-22(17)28-24(30)18-7-3-2-4-8-18)25(31)27-20-11-12-23(21(26)16-20)29-13-5-6-14-29/h2-4,7-12,15-16H,5-6,13-14H2,1H3,(H,27,31)(H,28,30). The van der Waals surface area contributed by atoms with E-state index < -0.39 is 0 Å². The summed E-state index contributed by atoms with van der Waals surface area (Å²) in [4.78, 5) is 27.2. The Bertz CT molecular complexity index is 1110. The summed E-state index contributed by atoms with van der Waals surface area (Å²) in [5.74, 6) is -0.969. The van der Waals surface area contributed by atoms with Gasteiger partial charge < -0.3 is 15.5 Å². The van der Waals surface area contributed by atoms with E-state index in [1.807, 2.05) is 17.9 Å². The van der Waals surface area contributed by atoms with E-state index in [9.17, 15) is 14.0 Å². The molecule has 0 spiro atoms. The zero-order valence-electron chi connectivity index (χ0n) is 17.3. The number of amides is 2. The van der Waals surface area contributed by atoms with E-state index in [4.69, 9.17) is 0 Å². The summed E-state index contributed by atoms with van der Waals surface area (Å²) < 4.78 is 14.5. The summed E-state index contributed by atoms with van der Waals surface area (Å²) in [5, 5.41) is 5.59. The van der Waals surface area contributed by atoms with Gasteiger partial charge in [0.25, 0.3) is 11.8 Å². The van der Waals surface area contributed by atoms with Crippen molar-refractivity contribution in [1.82, 2.24) is 0 Å². The van der Waals surface area contributed by atoms with E-state index in [0.717, 1.165) is 31.5 Å². The Hall–Kier alpha value is -3.67. The fraction of sp³-hybridized carbons (Fsp3) is 0.200. The quantitative estimate of drug-likeness (QED) is 0.597. The molecule has 0 unspecified atom stereocenters. The number of aryl methyl sites for hydroxylation is 1. The summed E-state index contributed by atoms with van der Waals surface area (Å²) in [6.07, 6.45) is 2.13. The first-order valence-electron chi connectivity index (χ1n) is 10.3. The van der Waals surface area contributed by atoms with Crippen LogP contribution in [0.2, 0.25) is 0 Å². The van der Waals surface area contributed by atoms with Crippen LogP contribution in [0.1, 0.15) is 39.1 Å². The van der Waals surface area contributed by atoms with Crippen molar-refractivity contribution in [2.24, 2.45) is 0 Å². The van der Waals surface area contributed by atoms with E-state index in [2.05, 4.69) is 10.6 Å². The maximum atomic E-state index is 14.5. The molecule has 0 aliphatic carbocycles. The van der Waals surface area contributed by atoms with Crippen LogP contribution in [0.5, 0.6) is 0 Å². The average Bonchev–Trinajstić information content (AvgIpc) is 3.30. The zero-order valence-corrected chi connectivity index (χ0v) is 17.3. The summed E-state index contributed by atoms with van der Waals surface area (Å²) in [7, 11) is 0. The van der Waals surface area contributed by atoms with E-state index >= 15 is 0 Å². The molecule has 1 aliphatic heterocycles. The maximum absolute atomic E-state index is 14.5. The molecule has 31 heavy (non-hydrogen) atoms. The van der Waals surface area contributed by atoms with Gasteiger partial charge in [-0.15, -0.1) is 0 Å². The monoisotopic (exact) mass is 417 g/mol. The van der Waals surface area contributed by atoms with Gasteiger partial charge in [0.1, 0.15) is 5.82 Å². The molecule has 0 atom stereocenters. The third-order valence-electron chi connectivity index (χ3n) is 5.44. The summed E-state index contributed by atoms with van der Waals surface area (Å²) in [6, 6.07) is 18.7. The van der Waals surface area contributed by atoms with Crippen molar-refractivity contribution < 1.29 is 14.0 Å². The summed E-state index contributed by atoms with van der Waals surface area (Å²) in [6.45, 7) is 3.56. The maximum Gasteiger partial charge on any atom is 0.255 e. The van der Waals surface area contributed by atoms with Gasteiger partial charge in [-0.2, -0.15) is 0 Å². The molecule has 1 fully saturated rings. The topological polar surface area (TPSA) is 61.4 Å². The largest absolute Gasteiger partial charge is 0.369 e. The summed E-state index contributed by atoms with van der Waals surface area (Å²) >= 11 is 0. The lowest BCUT2D eigenvalue weighted by atomic mass is 10.1. The number of hydrogen-bond donors (Lipinski definition) is 2. The molecule has 1 aliphatic rings. The van der Waals surface area contributed by atoms with Crippen LogP contribution in [0.15, 0.2) is 66.7 Å². The van der Waals surface area contributed by atoms with Gasteiger partial charge in [0.15, 0.2) is 0 Å². The van der Waals surface area contributed by atoms with Crippen LogP contribution in [0.3, 0.4) is 0 Å². The molecular weight excluding hydrogens is 393 g/mol. The molecule has 3 aromatic rings. The van der Waals surface area contributed by atoms with Crippen LogP contribution in [-0.2, 0) is 0 Å². The third-order valence-corrected chi connectivity index (χ3v) is 5.44. The van der Waals surface area contributed by atoms with Gasteiger partial charge in [0.05, 0.1) is 5.69 Å². The summed E-state index contributed by atoms with van der Waals surface area (Å²) in [5.41, 5.74) is 3.25. The van der Waals surface area contributed by atoms with Gasteiger partial charge >= 0.3 is 0 Å². The molecule has 158 valence electrons. The molecule has 1 saturated heterocycles. The Labute approximate surface area is 180 Å². The lowest BCUT2D eigenvalue weighted by Gasteiger charge is -2.19. The van der Waals surface area contributed by atoms with Crippen LogP contribution in [-0.4, -0.2) is 24.9 Å². The van der Waals surface area contributed by atoms with Gasteiger partial charge in [-0.1, -0.05) is 24.3 Å². The minimum atomic E-state index is -0.372. The van der Waals surface area contributed by atoms with E-state index in [-0.39, 0.29) is 17.6 Å². The molecule has 0 bridgehead atoms. The second kappa shape index (κ2) is 9.00. The Morgan fingerprint density at radius 3 is 2.26 bits per heavy atom. The van der Waals surface area contributed by atoms with Gasteiger partial charge in [0, 0.05) is 35.6 Å². The smallest absolute Gasteiger partial charge is 0.255 e. The number of carbonyl (C=O) groups excluding carboxylic acids is 2. The molecule has 0 radical (unpaired) electrons. The van der Waals surface area contributed by atoms with Crippen molar-refractivity contribution in [2.75, 3.05) is 28.6 Å². The molecule has 2 N–H and O–H groups in total. The van der Waals surface area contributed by atoms with Crippen LogP contribution >= 0.6 is 0 Å². The number of nitrogens with one attached hydrogen (secondary N) is 2. The van der Waals surface area contributed by atoms with E-state index in [1.165, 1.54) is 6.07 Å². The molecule has 5 nitrogen and oxygen atoms in total. The fourth-order valence-electron chi connectivity index (χ4n) is 3.68. The van der Waals surface area contributed by atoms with Crippen molar-refractivity contribution in [1.29, 1.82) is 0 Å². The molecule has 6 heteroatoms. The molecule has 4 rings (SSSR count). The van der Waals surface area contributed by atoms with Crippen molar-refractivity contribution in [3.05, 3.63) is 89.2 Å². The average molecular weight is 417 g/mol.